The molecule has 2 rings (SSSR count). The fourth-order valence-electron chi connectivity index (χ4n) is 2.09. The first-order valence-electron chi connectivity index (χ1n) is 6.40. The van der Waals surface area contributed by atoms with Crippen molar-refractivity contribution >= 4 is 23.7 Å². The maximum absolute atomic E-state index is 11.7. The minimum Gasteiger partial charge on any atom is -0.496 e. The van der Waals surface area contributed by atoms with Gasteiger partial charge in [0.15, 0.2) is 5.17 Å². The maximum Gasteiger partial charge on any atom is 0.230 e. The van der Waals surface area contributed by atoms with E-state index in [9.17, 15) is 4.79 Å². The number of hydrogen-bond acceptors (Lipinski definition) is 3. The van der Waals surface area contributed by atoms with Gasteiger partial charge in [0.05, 0.1) is 13.5 Å². The summed E-state index contributed by atoms with van der Waals surface area (Å²) in [5.41, 5.74) is 2.83. The molecule has 0 saturated carbocycles. The van der Waals surface area contributed by atoms with E-state index < -0.39 is 0 Å². The fourth-order valence-corrected chi connectivity index (χ4v) is 2.22. The third kappa shape index (κ3) is 4.10. The number of carbonyl (C=O) groups excluding carboxylic acids is 1. The minimum atomic E-state index is -0.257. The highest BCUT2D eigenvalue weighted by Crippen LogP contribution is 2.29. The van der Waals surface area contributed by atoms with Crippen LogP contribution in [0.5, 0.6) is 5.75 Å². The Labute approximate surface area is 129 Å². The third-order valence-corrected chi connectivity index (χ3v) is 3.08. The van der Waals surface area contributed by atoms with Crippen LogP contribution in [0.2, 0.25) is 0 Å². The van der Waals surface area contributed by atoms with Crippen molar-refractivity contribution in [1.82, 2.24) is 5.32 Å². The van der Waals surface area contributed by atoms with Crippen LogP contribution >= 0.6 is 12.6 Å². The van der Waals surface area contributed by atoms with Crippen molar-refractivity contribution in [2.24, 2.45) is 0 Å². The topological polar surface area (TPSA) is 62.2 Å². The van der Waals surface area contributed by atoms with Crippen LogP contribution in [0, 0.1) is 5.41 Å². The normalized spacial score (nSPS) is 10.0. The zero-order valence-corrected chi connectivity index (χ0v) is 12.5. The first-order chi connectivity index (χ1) is 10.1. The molecule has 0 aliphatic carbocycles. The lowest BCUT2D eigenvalue weighted by molar-refractivity contribution is -0.119. The highest BCUT2D eigenvalue weighted by atomic mass is 32.1. The van der Waals surface area contributed by atoms with E-state index >= 15 is 0 Å². The SMILES string of the molecule is COc1ccccc1-c1cccc(CC(=O)NC(=N)S)c1. The number of nitrogens with one attached hydrogen (secondary N) is 2. The summed E-state index contributed by atoms with van der Waals surface area (Å²) >= 11 is 3.74. The lowest BCUT2D eigenvalue weighted by atomic mass is 10.0. The van der Waals surface area contributed by atoms with Crippen LogP contribution < -0.4 is 10.1 Å². The van der Waals surface area contributed by atoms with Gasteiger partial charge in [0.2, 0.25) is 5.91 Å². The van der Waals surface area contributed by atoms with Gasteiger partial charge in [0.25, 0.3) is 0 Å². The van der Waals surface area contributed by atoms with Crippen molar-refractivity contribution in [3.8, 4) is 16.9 Å². The number of thiol groups is 1. The summed E-state index contributed by atoms with van der Waals surface area (Å²) in [6.07, 6.45) is 0.200. The van der Waals surface area contributed by atoms with Crippen molar-refractivity contribution in [1.29, 1.82) is 5.41 Å². The monoisotopic (exact) mass is 300 g/mol. The number of hydrogen-bond donors (Lipinski definition) is 3. The summed E-state index contributed by atoms with van der Waals surface area (Å²) in [4.78, 5) is 11.7. The van der Waals surface area contributed by atoms with Gasteiger partial charge in [-0.25, -0.2) is 0 Å². The molecule has 0 fully saturated rings. The summed E-state index contributed by atoms with van der Waals surface area (Å²) in [5, 5.41) is 9.34. The van der Waals surface area contributed by atoms with E-state index in [0.29, 0.717) is 0 Å². The Kier molecular flexibility index (Phi) is 5.00. The van der Waals surface area contributed by atoms with Gasteiger partial charge < -0.3 is 10.1 Å². The molecule has 2 aromatic rings. The Morgan fingerprint density at radius 1 is 1.24 bits per heavy atom. The Hall–Kier alpha value is -2.27. The van der Waals surface area contributed by atoms with Crippen molar-refractivity contribution in [3.05, 3.63) is 54.1 Å². The molecular formula is C16H16N2O2S. The van der Waals surface area contributed by atoms with Crippen molar-refractivity contribution in [2.45, 2.75) is 6.42 Å². The van der Waals surface area contributed by atoms with Gasteiger partial charge in [-0.2, -0.15) is 0 Å². The number of amides is 1. The van der Waals surface area contributed by atoms with E-state index in [0.717, 1.165) is 22.4 Å². The van der Waals surface area contributed by atoms with Gasteiger partial charge in [-0.05, 0) is 17.2 Å². The van der Waals surface area contributed by atoms with E-state index in [1.54, 1.807) is 7.11 Å². The molecule has 0 bridgehead atoms. The van der Waals surface area contributed by atoms with Gasteiger partial charge in [-0.15, -0.1) is 12.6 Å². The molecule has 1 amide bonds. The summed E-state index contributed by atoms with van der Waals surface area (Å²) in [7, 11) is 1.63. The second kappa shape index (κ2) is 6.95. The van der Waals surface area contributed by atoms with Gasteiger partial charge in [-0.3, -0.25) is 10.2 Å². The molecule has 0 aromatic heterocycles. The van der Waals surface area contributed by atoms with E-state index in [4.69, 9.17) is 10.1 Å². The Morgan fingerprint density at radius 3 is 2.71 bits per heavy atom. The van der Waals surface area contributed by atoms with Crippen molar-refractivity contribution in [2.75, 3.05) is 7.11 Å². The van der Waals surface area contributed by atoms with Gasteiger partial charge in [0.1, 0.15) is 5.75 Å². The van der Waals surface area contributed by atoms with Crippen LogP contribution in [0.25, 0.3) is 11.1 Å². The van der Waals surface area contributed by atoms with E-state index in [-0.39, 0.29) is 17.5 Å². The number of rotatable bonds is 4. The average molecular weight is 300 g/mol. The third-order valence-electron chi connectivity index (χ3n) is 2.97. The van der Waals surface area contributed by atoms with E-state index in [2.05, 4.69) is 17.9 Å². The highest BCUT2D eigenvalue weighted by molar-refractivity contribution is 7.96. The number of methoxy groups -OCH3 is 1. The molecular weight excluding hydrogens is 284 g/mol. The molecule has 0 heterocycles. The minimum absolute atomic E-state index is 0.152. The molecule has 0 aliphatic rings. The standard InChI is InChI=1S/C16H16N2O2S/c1-20-14-8-3-2-7-13(14)12-6-4-5-11(9-12)10-15(19)18-16(17)21/h2-9H,10H2,1H3,(H3,17,18,19,21). The predicted molar refractivity (Wildman–Crippen MR) is 87.0 cm³/mol. The molecule has 0 spiro atoms. The van der Waals surface area contributed by atoms with Gasteiger partial charge in [-0.1, -0.05) is 42.5 Å². The number of ether oxygens (including phenoxy) is 1. The largest absolute Gasteiger partial charge is 0.496 e. The second-order valence-electron chi connectivity index (χ2n) is 4.47. The smallest absolute Gasteiger partial charge is 0.230 e. The Morgan fingerprint density at radius 2 is 2.00 bits per heavy atom. The molecule has 0 unspecified atom stereocenters. The summed E-state index contributed by atoms with van der Waals surface area (Å²) in [5.74, 6) is 0.531. The van der Waals surface area contributed by atoms with Crippen LogP contribution in [0.4, 0.5) is 0 Å². The molecule has 2 aromatic carbocycles. The fraction of sp³-hybridized carbons (Fsp3) is 0.125. The van der Waals surface area contributed by atoms with E-state index in [1.165, 1.54) is 0 Å². The molecule has 2 N–H and O–H groups in total. The summed E-state index contributed by atoms with van der Waals surface area (Å²) < 4.78 is 5.36. The van der Waals surface area contributed by atoms with Crippen LogP contribution in [0.3, 0.4) is 0 Å². The quantitative estimate of drug-likeness (QED) is 0.462. The van der Waals surface area contributed by atoms with Gasteiger partial charge in [0, 0.05) is 5.56 Å². The predicted octanol–water partition coefficient (Wildman–Crippen LogP) is 2.89. The number of carbonyl (C=O) groups is 1. The summed E-state index contributed by atoms with van der Waals surface area (Å²) in [6.45, 7) is 0. The van der Waals surface area contributed by atoms with E-state index in [1.807, 2.05) is 48.5 Å². The zero-order chi connectivity index (χ0) is 15.2. The molecule has 0 aliphatic heterocycles. The average Bonchev–Trinajstić information content (AvgIpc) is 2.46. The van der Waals surface area contributed by atoms with Crippen molar-refractivity contribution < 1.29 is 9.53 Å². The van der Waals surface area contributed by atoms with Crippen LogP contribution in [0.15, 0.2) is 48.5 Å². The number of para-hydroxylation sites is 1. The molecule has 0 atom stereocenters. The highest BCUT2D eigenvalue weighted by Gasteiger charge is 2.08. The van der Waals surface area contributed by atoms with Crippen LogP contribution in [-0.2, 0) is 11.2 Å². The van der Waals surface area contributed by atoms with Crippen LogP contribution in [-0.4, -0.2) is 18.2 Å². The van der Waals surface area contributed by atoms with Crippen LogP contribution in [0.1, 0.15) is 5.56 Å². The molecule has 4 nitrogen and oxygen atoms in total. The first kappa shape index (κ1) is 15.1. The lowest BCUT2D eigenvalue weighted by Crippen LogP contribution is -2.27. The molecule has 21 heavy (non-hydrogen) atoms. The molecule has 0 saturated heterocycles. The summed E-state index contributed by atoms with van der Waals surface area (Å²) in [6, 6.07) is 15.4. The van der Waals surface area contributed by atoms with Gasteiger partial charge >= 0.3 is 0 Å². The second-order valence-corrected chi connectivity index (χ2v) is 4.92. The molecule has 0 radical (unpaired) electrons. The Balaban J connectivity index is 2.25. The number of amidine groups is 1. The first-order valence-corrected chi connectivity index (χ1v) is 6.84. The molecule has 5 heteroatoms. The lowest BCUT2D eigenvalue weighted by Gasteiger charge is -2.10. The number of benzene rings is 2. The maximum atomic E-state index is 11.7. The zero-order valence-electron chi connectivity index (χ0n) is 11.6. The molecule has 108 valence electrons. The Bertz CT molecular complexity index is 671. The van der Waals surface area contributed by atoms with Crippen molar-refractivity contribution in [3.63, 3.8) is 0 Å².